The summed E-state index contributed by atoms with van der Waals surface area (Å²) in [5.41, 5.74) is 3.83. The van der Waals surface area contributed by atoms with Crippen molar-refractivity contribution in [2.24, 2.45) is 0 Å². The molecule has 180 valence electrons. The first-order valence-corrected chi connectivity index (χ1v) is 11.2. The number of carbonyl (C=O) groups excluding carboxylic acids is 1. The second kappa shape index (κ2) is 9.20. The fourth-order valence-electron chi connectivity index (χ4n) is 3.75. The number of amides is 1. The zero-order valence-electron chi connectivity index (χ0n) is 20.5. The molecule has 1 aromatic carbocycles. The van der Waals surface area contributed by atoms with Crippen molar-refractivity contribution in [1.29, 1.82) is 0 Å². The number of benzene rings is 1. The van der Waals surface area contributed by atoms with Gasteiger partial charge in [-0.25, -0.2) is 14.5 Å². The smallest absolute Gasteiger partial charge is 0.410 e. The molecule has 2 N–H and O–H groups in total. The standard InChI is InChI=1S/C24H31N7O3/c1-15-11-21(25-5)28-22(26-15)27-17-7-8-20(33-6)19(12-17)31-14-16-13-30(10-9-18(16)29-31)23(32)34-24(2,3)4/h7-8,11-12,14H,9-10,13H2,1-6H3,(H2,25,26,27,28). The van der Waals surface area contributed by atoms with Gasteiger partial charge in [0, 0.05) is 49.2 Å². The Kier molecular flexibility index (Phi) is 6.32. The first kappa shape index (κ1) is 23.3. The van der Waals surface area contributed by atoms with E-state index in [2.05, 4.69) is 20.6 Å². The number of aryl methyl sites for hydroxylation is 1. The Morgan fingerprint density at radius 2 is 1.97 bits per heavy atom. The van der Waals surface area contributed by atoms with E-state index in [1.165, 1.54) is 0 Å². The number of methoxy groups -OCH3 is 1. The molecule has 0 radical (unpaired) electrons. The van der Waals surface area contributed by atoms with Gasteiger partial charge in [-0.15, -0.1) is 0 Å². The van der Waals surface area contributed by atoms with Crippen molar-refractivity contribution in [1.82, 2.24) is 24.6 Å². The number of rotatable bonds is 5. The summed E-state index contributed by atoms with van der Waals surface area (Å²) in [6.45, 7) is 8.54. The van der Waals surface area contributed by atoms with E-state index in [1.54, 1.807) is 16.7 Å². The van der Waals surface area contributed by atoms with Gasteiger partial charge in [0.1, 0.15) is 22.9 Å². The second-order valence-corrected chi connectivity index (χ2v) is 9.18. The van der Waals surface area contributed by atoms with Gasteiger partial charge in [-0.1, -0.05) is 0 Å². The molecular weight excluding hydrogens is 434 g/mol. The molecule has 0 atom stereocenters. The topological polar surface area (TPSA) is 106 Å². The molecule has 0 aliphatic carbocycles. The van der Waals surface area contributed by atoms with E-state index in [4.69, 9.17) is 14.6 Å². The lowest BCUT2D eigenvalue weighted by Crippen LogP contribution is -2.39. The van der Waals surface area contributed by atoms with Crippen molar-refractivity contribution in [2.45, 2.75) is 46.3 Å². The van der Waals surface area contributed by atoms with Crippen LogP contribution in [0, 0.1) is 6.92 Å². The van der Waals surface area contributed by atoms with Crippen molar-refractivity contribution >= 4 is 23.5 Å². The predicted molar refractivity (Wildman–Crippen MR) is 130 cm³/mol. The number of anilines is 3. The Morgan fingerprint density at radius 3 is 2.68 bits per heavy atom. The van der Waals surface area contributed by atoms with Crippen LogP contribution in [0.15, 0.2) is 30.5 Å². The maximum atomic E-state index is 12.5. The largest absolute Gasteiger partial charge is 0.494 e. The minimum Gasteiger partial charge on any atom is -0.494 e. The van der Waals surface area contributed by atoms with Crippen LogP contribution in [0.3, 0.4) is 0 Å². The van der Waals surface area contributed by atoms with Crippen LogP contribution in [0.25, 0.3) is 5.69 Å². The third-order valence-electron chi connectivity index (χ3n) is 5.30. The van der Waals surface area contributed by atoms with Crippen molar-refractivity contribution < 1.29 is 14.3 Å². The van der Waals surface area contributed by atoms with Crippen LogP contribution in [0.5, 0.6) is 5.75 Å². The summed E-state index contributed by atoms with van der Waals surface area (Å²) >= 11 is 0. The molecule has 0 unspecified atom stereocenters. The Balaban J connectivity index is 1.59. The molecule has 3 aromatic rings. The minimum absolute atomic E-state index is 0.311. The molecule has 4 rings (SSSR count). The maximum absolute atomic E-state index is 12.5. The molecule has 34 heavy (non-hydrogen) atoms. The highest BCUT2D eigenvalue weighted by molar-refractivity contribution is 5.68. The van der Waals surface area contributed by atoms with E-state index in [-0.39, 0.29) is 6.09 Å². The minimum atomic E-state index is -0.530. The fourth-order valence-corrected chi connectivity index (χ4v) is 3.75. The zero-order chi connectivity index (χ0) is 24.5. The number of nitrogens with one attached hydrogen (secondary N) is 2. The van der Waals surface area contributed by atoms with Crippen LogP contribution < -0.4 is 15.4 Å². The van der Waals surface area contributed by atoms with Gasteiger partial charge in [0.05, 0.1) is 19.3 Å². The quantitative estimate of drug-likeness (QED) is 0.581. The van der Waals surface area contributed by atoms with Gasteiger partial charge < -0.3 is 25.0 Å². The van der Waals surface area contributed by atoms with E-state index < -0.39 is 5.60 Å². The molecule has 3 heterocycles. The van der Waals surface area contributed by atoms with E-state index >= 15 is 0 Å². The number of fused-ring (bicyclic) bond motifs is 1. The van der Waals surface area contributed by atoms with Gasteiger partial charge in [0.15, 0.2) is 0 Å². The Bertz CT molecular complexity index is 1200. The SMILES string of the molecule is CNc1cc(C)nc(Nc2ccc(OC)c(-n3cc4c(n3)CCN(C(=O)OC(C)(C)C)C4)c2)n1. The van der Waals surface area contributed by atoms with Crippen molar-refractivity contribution in [3.63, 3.8) is 0 Å². The van der Waals surface area contributed by atoms with Gasteiger partial charge in [-0.05, 0) is 45.9 Å². The van der Waals surface area contributed by atoms with Crippen LogP contribution in [0.4, 0.5) is 22.2 Å². The second-order valence-electron chi connectivity index (χ2n) is 9.18. The first-order chi connectivity index (χ1) is 16.1. The molecule has 10 heteroatoms. The Labute approximate surface area is 199 Å². The third-order valence-corrected chi connectivity index (χ3v) is 5.30. The Hall–Kier alpha value is -3.82. The summed E-state index contributed by atoms with van der Waals surface area (Å²) in [5, 5.41) is 11.1. The van der Waals surface area contributed by atoms with Crippen LogP contribution in [-0.4, -0.2) is 57.0 Å². The normalized spacial score (nSPS) is 13.3. The maximum Gasteiger partial charge on any atom is 0.410 e. The first-order valence-electron chi connectivity index (χ1n) is 11.2. The predicted octanol–water partition coefficient (Wildman–Crippen LogP) is 4.06. The summed E-state index contributed by atoms with van der Waals surface area (Å²) in [7, 11) is 3.45. The highest BCUT2D eigenvalue weighted by atomic mass is 16.6. The molecule has 0 bridgehead atoms. The lowest BCUT2D eigenvalue weighted by atomic mass is 10.1. The lowest BCUT2D eigenvalue weighted by Gasteiger charge is -2.29. The molecule has 1 amide bonds. The van der Waals surface area contributed by atoms with Crippen molar-refractivity contribution in [3.05, 3.63) is 47.4 Å². The zero-order valence-corrected chi connectivity index (χ0v) is 20.5. The van der Waals surface area contributed by atoms with Crippen LogP contribution in [0.2, 0.25) is 0 Å². The van der Waals surface area contributed by atoms with Gasteiger partial charge in [0.25, 0.3) is 0 Å². The molecule has 0 spiro atoms. The fraction of sp³-hybridized carbons (Fsp3) is 0.417. The summed E-state index contributed by atoms with van der Waals surface area (Å²) in [5.74, 6) is 1.90. The van der Waals surface area contributed by atoms with Crippen molar-refractivity contribution in [2.75, 3.05) is 31.3 Å². The van der Waals surface area contributed by atoms with Crippen LogP contribution >= 0.6 is 0 Å². The van der Waals surface area contributed by atoms with E-state index in [0.717, 1.165) is 34.1 Å². The van der Waals surface area contributed by atoms with Gasteiger partial charge in [-0.2, -0.15) is 10.1 Å². The van der Waals surface area contributed by atoms with E-state index in [1.807, 2.05) is 65.2 Å². The third kappa shape index (κ3) is 5.22. The lowest BCUT2D eigenvalue weighted by molar-refractivity contribution is 0.0223. The summed E-state index contributed by atoms with van der Waals surface area (Å²) < 4.78 is 12.9. The van der Waals surface area contributed by atoms with Crippen LogP contribution in [-0.2, 0) is 17.7 Å². The molecule has 0 fully saturated rings. The molecule has 1 aliphatic rings. The molecule has 0 saturated heterocycles. The van der Waals surface area contributed by atoms with Gasteiger partial charge >= 0.3 is 6.09 Å². The highest BCUT2D eigenvalue weighted by Crippen LogP contribution is 2.29. The highest BCUT2D eigenvalue weighted by Gasteiger charge is 2.27. The van der Waals surface area contributed by atoms with E-state index in [9.17, 15) is 4.79 Å². The summed E-state index contributed by atoms with van der Waals surface area (Å²) in [6, 6.07) is 7.59. The monoisotopic (exact) mass is 465 g/mol. The molecule has 1 aliphatic heterocycles. The van der Waals surface area contributed by atoms with Gasteiger partial charge in [-0.3, -0.25) is 0 Å². The summed E-state index contributed by atoms with van der Waals surface area (Å²) in [6.07, 6.45) is 2.29. The molecule has 0 saturated carbocycles. The Morgan fingerprint density at radius 1 is 1.18 bits per heavy atom. The average Bonchev–Trinajstić information content (AvgIpc) is 3.20. The summed E-state index contributed by atoms with van der Waals surface area (Å²) in [4.78, 5) is 23.2. The number of hydrogen-bond acceptors (Lipinski definition) is 8. The van der Waals surface area contributed by atoms with E-state index in [0.29, 0.717) is 31.2 Å². The molecule has 2 aromatic heterocycles. The average molecular weight is 466 g/mol. The number of ether oxygens (including phenoxy) is 2. The van der Waals surface area contributed by atoms with Gasteiger partial charge in [0.2, 0.25) is 5.95 Å². The number of aromatic nitrogens is 4. The van der Waals surface area contributed by atoms with Crippen molar-refractivity contribution in [3.8, 4) is 11.4 Å². The number of hydrogen-bond donors (Lipinski definition) is 2. The molecule has 10 nitrogen and oxygen atoms in total. The molecular formula is C24H31N7O3. The number of nitrogens with zero attached hydrogens (tertiary/aromatic N) is 5. The number of carbonyl (C=O) groups is 1. The van der Waals surface area contributed by atoms with Crippen LogP contribution in [0.1, 0.15) is 37.7 Å².